The van der Waals surface area contributed by atoms with E-state index in [0.29, 0.717) is 12.2 Å². The number of hydrogen-bond donors (Lipinski definition) is 6. The molecule has 0 saturated heterocycles. The fourth-order valence-electron chi connectivity index (χ4n) is 2.34. The zero-order chi connectivity index (χ0) is 22.6. The van der Waals surface area contributed by atoms with E-state index < -0.39 is 60.8 Å². The van der Waals surface area contributed by atoms with Crippen LogP contribution in [0, 0.1) is 5.92 Å². The molecule has 0 aromatic carbocycles. The lowest BCUT2D eigenvalue weighted by Crippen LogP contribution is -2.56. The predicted octanol–water partition coefficient (Wildman–Crippen LogP) is -1.24. The van der Waals surface area contributed by atoms with E-state index in [2.05, 4.69) is 16.0 Å². The van der Waals surface area contributed by atoms with Gasteiger partial charge in [0.2, 0.25) is 17.7 Å². The highest BCUT2D eigenvalue weighted by atomic mass is 32.2. The second-order valence-electron chi connectivity index (χ2n) is 6.85. The van der Waals surface area contributed by atoms with Crippen LogP contribution in [0.5, 0.6) is 0 Å². The quantitative estimate of drug-likeness (QED) is 0.194. The number of carbonyl (C=O) groups excluding carboxylic acids is 3. The van der Waals surface area contributed by atoms with Crippen molar-refractivity contribution < 1.29 is 34.2 Å². The van der Waals surface area contributed by atoms with Crippen molar-refractivity contribution in [3.05, 3.63) is 0 Å². The van der Waals surface area contributed by atoms with Crippen LogP contribution in [0.3, 0.4) is 0 Å². The molecule has 3 atom stereocenters. The van der Waals surface area contributed by atoms with Crippen molar-refractivity contribution in [2.75, 3.05) is 18.6 Å². The lowest BCUT2D eigenvalue weighted by atomic mass is 10.0. The molecule has 0 aromatic heterocycles. The summed E-state index contributed by atoms with van der Waals surface area (Å²) in [6.07, 6.45) is 1.63. The number of carboxylic acid groups (broad SMARTS) is 2. The van der Waals surface area contributed by atoms with Crippen LogP contribution >= 0.6 is 11.8 Å². The van der Waals surface area contributed by atoms with E-state index in [9.17, 15) is 24.0 Å². The maximum Gasteiger partial charge on any atom is 0.322 e. The summed E-state index contributed by atoms with van der Waals surface area (Å²) in [6.45, 7) is 3.10. The molecule has 0 saturated carbocycles. The number of nitrogens with two attached hydrogens (primary N) is 1. The van der Waals surface area contributed by atoms with Gasteiger partial charge in [-0.2, -0.15) is 11.8 Å². The number of nitrogens with one attached hydrogen (secondary N) is 3. The van der Waals surface area contributed by atoms with Gasteiger partial charge in [0.25, 0.3) is 0 Å². The van der Waals surface area contributed by atoms with Crippen LogP contribution in [-0.2, 0) is 24.0 Å². The van der Waals surface area contributed by atoms with E-state index >= 15 is 0 Å². The SMILES string of the molecule is CSCCC(NC(=O)C(CC(=O)O)NC(=O)C(N)CC(C)C)C(=O)NCC(=O)O. The third-order valence-corrected chi connectivity index (χ3v) is 4.38. The first kappa shape index (κ1) is 26.7. The van der Waals surface area contributed by atoms with E-state index in [1.54, 1.807) is 6.26 Å². The summed E-state index contributed by atoms with van der Waals surface area (Å²) in [4.78, 5) is 58.6. The van der Waals surface area contributed by atoms with E-state index in [4.69, 9.17) is 15.9 Å². The van der Waals surface area contributed by atoms with Crippen LogP contribution in [0.2, 0.25) is 0 Å². The molecule has 3 amide bonds. The van der Waals surface area contributed by atoms with Crippen LogP contribution < -0.4 is 21.7 Å². The third kappa shape index (κ3) is 12.0. The molecule has 0 radical (unpaired) electrons. The van der Waals surface area contributed by atoms with Gasteiger partial charge in [-0.25, -0.2) is 0 Å². The molecule has 166 valence electrons. The highest BCUT2D eigenvalue weighted by molar-refractivity contribution is 7.98. The second kappa shape index (κ2) is 13.8. The average Bonchev–Trinajstić information content (AvgIpc) is 2.61. The molecule has 12 heteroatoms. The Morgan fingerprint density at radius 2 is 1.52 bits per heavy atom. The zero-order valence-electron chi connectivity index (χ0n) is 16.8. The number of rotatable bonds is 14. The maximum atomic E-state index is 12.5. The van der Waals surface area contributed by atoms with Crippen LogP contribution in [0.1, 0.15) is 33.1 Å². The third-order valence-electron chi connectivity index (χ3n) is 3.73. The summed E-state index contributed by atoms with van der Waals surface area (Å²) >= 11 is 1.41. The number of aliphatic carboxylic acids is 2. The molecule has 0 aliphatic carbocycles. The summed E-state index contributed by atoms with van der Waals surface area (Å²) in [5.41, 5.74) is 5.77. The van der Waals surface area contributed by atoms with Gasteiger partial charge >= 0.3 is 11.9 Å². The predicted molar refractivity (Wildman–Crippen MR) is 107 cm³/mol. The Bertz CT molecular complexity index is 600. The number of hydrogen-bond acceptors (Lipinski definition) is 7. The van der Waals surface area contributed by atoms with Crippen molar-refractivity contribution in [2.24, 2.45) is 11.7 Å². The minimum Gasteiger partial charge on any atom is -0.481 e. The van der Waals surface area contributed by atoms with Crippen molar-refractivity contribution in [2.45, 2.75) is 51.2 Å². The molecule has 3 unspecified atom stereocenters. The standard InChI is InChI=1S/C17H30N4O7S/c1-9(2)6-10(18)15(26)21-12(7-13(22)23)17(28)20-11(4-5-29-3)16(27)19-8-14(24)25/h9-12H,4-8,18H2,1-3H3,(H,19,27)(H,20,28)(H,21,26)(H,22,23)(H,24,25). The molecule has 0 spiro atoms. The number of amides is 3. The Morgan fingerprint density at radius 3 is 2.00 bits per heavy atom. The van der Waals surface area contributed by atoms with Gasteiger partial charge in [-0.15, -0.1) is 0 Å². The topological polar surface area (TPSA) is 188 Å². The van der Waals surface area contributed by atoms with Gasteiger partial charge in [-0.05, 0) is 30.8 Å². The Morgan fingerprint density at radius 1 is 0.931 bits per heavy atom. The van der Waals surface area contributed by atoms with Gasteiger partial charge in [0, 0.05) is 0 Å². The van der Waals surface area contributed by atoms with Crippen molar-refractivity contribution >= 4 is 41.4 Å². The van der Waals surface area contributed by atoms with Crippen LogP contribution in [0.25, 0.3) is 0 Å². The van der Waals surface area contributed by atoms with Gasteiger partial charge in [0.15, 0.2) is 0 Å². The molecular formula is C17H30N4O7S. The van der Waals surface area contributed by atoms with Gasteiger partial charge < -0.3 is 31.9 Å². The van der Waals surface area contributed by atoms with E-state index in [0.717, 1.165) is 0 Å². The Balaban J connectivity index is 5.20. The summed E-state index contributed by atoms with van der Waals surface area (Å²) in [7, 11) is 0. The van der Waals surface area contributed by atoms with Crippen LogP contribution in [-0.4, -0.2) is 76.6 Å². The van der Waals surface area contributed by atoms with E-state index in [1.165, 1.54) is 11.8 Å². The normalized spacial score (nSPS) is 13.8. The highest BCUT2D eigenvalue weighted by Gasteiger charge is 2.29. The molecule has 0 aliphatic heterocycles. The van der Waals surface area contributed by atoms with Crippen LogP contribution in [0.4, 0.5) is 0 Å². The average molecular weight is 435 g/mol. The summed E-state index contributed by atoms with van der Waals surface area (Å²) < 4.78 is 0. The minimum absolute atomic E-state index is 0.122. The Kier molecular flexibility index (Phi) is 12.7. The highest BCUT2D eigenvalue weighted by Crippen LogP contribution is 2.05. The molecule has 0 aliphatic rings. The van der Waals surface area contributed by atoms with Crippen molar-refractivity contribution in [3.63, 3.8) is 0 Å². The van der Waals surface area contributed by atoms with E-state index in [-0.39, 0.29) is 12.3 Å². The van der Waals surface area contributed by atoms with Gasteiger partial charge in [0.05, 0.1) is 12.5 Å². The Hall–Kier alpha value is -2.34. The number of carbonyl (C=O) groups is 5. The first-order chi connectivity index (χ1) is 13.5. The minimum atomic E-state index is -1.43. The molecule has 0 fully saturated rings. The van der Waals surface area contributed by atoms with E-state index in [1.807, 2.05) is 13.8 Å². The molecule has 29 heavy (non-hydrogen) atoms. The zero-order valence-corrected chi connectivity index (χ0v) is 17.6. The number of thioether (sulfide) groups is 1. The molecule has 0 heterocycles. The molecule has 0 bridgehead atoms. The molecule has 0 aromatic rings. The molecule has 7 N–H and O–H groups in total. The van der Waals surface area contributed by atoms with Gasteiger partial charge in [-0.3, -0.25) is 24.0 Å². The summed E-state index contributed by atoms with van der Waals surface area (Å²) in [5.74, 6) is -4.21. The second-order valence-corrected chi connectivity index (χ2v) is 7.83. The summed E-state index contributed by atoms with van der Waals surface area (Å²) in [5, 5.41) is 24.6. The fraction of sp³-hybridized carbons (Fsp3) is 0.706. The van der Waals surface area contributed by atoms with Gasteiger partial charge in [0.1, 0.15) is 18.6 Å². The molecular weight excluding hydrogens is 404 g/mol. The summed E-state index contributed by atoms with van der Waals surface area (Å²) in [6, 6.07) is -3.42. The first-order valence-electron chi connectivity index (χ1n) is 9.04. The smallest absolute Gasteiger partial charge is 0.322 e. The lowest BCUT2D eigenvalue weighted by molar-refractivity contribution is -0.141. The molecule has 11 nitrogen and oxygen atoms in total. The van der Waals surface area contributed by atoms with Crippen molar-refractivity contribution in [3.8, 4) is 0 Å². The van der Waals surface area contributed by atoms with Crippen molar-refractivity contribution in [1.82, 2.24) is 16.0 Å². The van der Waals surface area contributed by atoms with Crippen LogP contribution in [0.15, 0.2) is 0 Å². The number of carboxylic acids is 2. The maximum absolute atomic E-state index is 12.5. The molecule has 0 rings (SSSR count). The van der Waals surface area contributed by atoms with Crippen molar-refractivity contribution in [1.29, 1.82) is 0 Å². The monoisotopic (exact) mass is 434 g/mol. The largest absolute Gasteiger partial charge is 0.481 e. The lowest BCUT2D eigenvalue weighted by Gasteiger charge is -2.23. The fourth-order valence-corrected chi connectivity index (χ4v) is 2.81. The first-order valence-corrected chi connectivity index (χ1v) is 10.4. The van der Waals surface area contributed by atoms with Gasteiger partial charge in [-0.1, -0.05) is 13.8 Å². The Labute approximate surface area is 173 Å².